The zero-order chi connectivity index (χ0) is 18.2. The second-order valence-corrected chi connectivity index (χ2v) is 8.21. The van der Waals surface area contributed by atoms with Crippen LogP contribution in [0, 0.1) is 11.8 Å². The largest absolute Gasteiger partial charge is 0.377 e. The first-order chi connectivity index (χ1) is 11.4. The van der Waals surface area contributed by atoms with Gasteiger partial charge in [0.2, 0.25) is 5.91 Å². The summed E-state index contributed by atoms with van der Waals surface area (Å²) in [6.07, 6.45) is 0. The van der Waals surface area contributed by atoms with Gasteiger partial charge in [-0.05, 0) is 23.3 Å². The molecule has 24 heavy (non-hydrogen) atoms. The maximum atomic E-state index is 11.5. The molecule has 8 heteroatoms. The van der Waals surface area contributed by atoms with Crippen LogP contribution in [0.3, 0.4) is 0 Å². The third-order valence-corrected chi connectivity index (χ3v) is 5.19. The molecular weight excluding hydrogens is 348 g/mol. The molecule has 0 aliphatic heterocycles. The highest BCUT2D eigenvalue weighted by atomic mass is 32.2. The molecule has 0 bridgehead atoms. The monoisotopic (exact) mass is 380 g/mol. The van der Waals surface area contributed by atoms with E-state index in [0.717, 1.165) is 11.5 Å². The van der Waals surface area contributed by atoms with Crippen molar-refractivity contribution in [2.45, 2.75) is 27.7 Å². The Balaban J connectivity index is 3.30. The summed E-state index contributed by atoms with van der Waals surface area (Å²) in [5, 5.41) is 2.80. The van der Waals surface area contributed by atoms with Crippen molar-refractivity contribution in [3.63, 3.8) is 0 Å². The number of nitrogens with one attached hydrogen (secondary N) is 2. The van der Waals surface area contributed by atoms with Crippen LogP contribution in [0.25, 0.3) is 0 Å². The predicted molar refractivity (Wildman–Crippen MR) is 102 cm³/mol. The van der Waals surface area contributed by atoms with Gasteiger partial charge < -0.3 is 10.1 Å². The minimum Gasteiger partial charge on any atom is -0.377 e. The van der Waals surface area contributed by atoms with Gasteiger partial charge in [0.05, 0.1) is 31.3 Å². The Hall–Kier alpha value is -0.440. The van der Waals surface area contributed by atoms with Crippen LogP contribution in [0.15, 0.2) is 0 Å². The fourth-order valence-corrected chi connectivity index (χ4v) is 3.16. The molecular formula is C16H32N2O4S2. The van der Waals surface area contributed by atoms with E-state index in [1.807, 2.05) is 0 Å². The fraction of sp³-hybridized carbons (Fsp3) is 0.875. The van der Waals surface area contributed by atoms with E-state index in [9.17, 15) is 9.59 Å². The van der Waals surface area contributed by atoms with Crippen LogP contribution in [-0.4, -0.2) is 61.2 Å². The van der Waals surface area contributed by atoms with Gasteiger partial charge in [-0.3, -0.25) is 14.4 Å². The summed E-state index contributed by atoms with van der Waals surface area (Å²) < 4.78 is 5.32. The molecule has 2 amide bonds. The lowest BCUT2D eigenvalue weighted by molar-refractivity contribution is -0.132. The lowest BCUT2D eigenvalue weighted by Gasteiger charge is -2.08. The molecule has 0 aliphatic rings. The Morgan fingerprint density at radius 2 is 1.46 bits per heavy atom. The molecule has 0 spiro atoms. The average Bonchev–Trinajstić information content (AvgIpc) is 2.49. The SMILES string of the molecule is CC(C)CSCC(=O)NCCOCCONC(=O)CSCC(C)C. The van der Waals surface area contributed by atoms with Crippen molar-refractivity contribution in [3.05, 3.63) is 0 Å². The number of carbonyl (C=O) groups is 2. The number of hydroxylamine groups is 1. The normalized spacial score (nSPS) is 11.1. The standard InChI is InChI=1S/C16H32N2O4S2/c1-13(2)9-23-11-15(19)17-5-6-21-7-8-22-18-16(20)12-24-10-14(3)4/h13-14H,5-12H2,1-4H3,(H,17,19)(H,18,20). The molecule has 0 saturated carbocycles. The number of rotatable bonds is 15. The quantitative estimate of drug-likeness (QED) is 0.334. The Bertz CT molecular complexity index is 310. The van der Waals surface area contributed by atoms with Crippen molar-refractivity contribution >= 4 is 35.3 Å². The molecule has 2 N–H and O–H groups in total. The number of amides is 2. The zero-order valence-corrected chi connectivity index (χ0v) is 16.9. The van der Waals surface area contributed by atoms with E-state index in [1.54, 1.807) is 23.5 Å². The van der Waals surface area contributed by atoms with Crippen LogP contribution < -0.4 is 10.8 Å². The summed E-state index contributed by atoms with van der Waals surface area (Å²) in [5.41, 5.74) is 2.39. The van der Waals surface area contributed by atoms with E-state index < -0.39 is 0 Å². The van der Waals surface area contributed by atoms with E-state index in [0.29, 0.717) is 49.7 Å². The van der Waals surface area contributed by atoms with E-state index in [1.165, 1.54) is 0 Å². The maximum absolute atomic E-state index is 11.5. The molecule has 142 valence electrons. The van der Waals surface area contributed by atoms with Crippen LogP contribution >= 0.6 is 23.5 Å². The Labute approximate surface area is 154 Å². The lowest BCUT2D eigenvalue weighted by Crippen LogP contribution is -2.30. The number of thioether (sulfide) groups is 2. The first kappa shape index (κ1) is 23.6. The molecule has 0 unspecified atom stereocenters. The summed E-state index contributed by atoms with van der Waals surface area (Å²) in [6, 6.07) is 0. The summed E-state index contributed by atoms with van der Waals surface area (Å²) in [5.74, 6) is 3.91. The summed E-state index contributed by atoms with van der Waals surface area (Å²) >= 11 is 3.23. The van der Waals surface area contributed by atoms with Crippen molar-refractivity contribution in [1.29, 1.82) is 0 Å². The molecule has 0 heterocycles. The average molecular weight is 381 g/mol. The number of carbonyl (C=O) groups excluding carboxylic acids is 2. The van der Waals surface area contributed by atoms with Gasteiger partial charge in [-0.15, -0.1) is 0 Å². The highest BCUT2D eigenvalue weighted by Crippen LogP contribution is 2.07. The smallest absolute Gasteiger partial charge is 0.253 e. The second-order valence-electron chi connectivity index (χ2n) is 6.15. The van der Waals surface area contributed by atoms with Crippen LogP contribution in [-0.2, 0) is 19.2 Å². The highest BCUT2D eigenvalue weighted by molar-refractivity contribution is 8.00. The first-order valence-electron chi connectivity index (χ1n) is 8.32. The molecule has 0 rings (SSSR count). The highest BCUT2D eigenvalue weighted by Gasteiger charge is 2.03. The van der Waals surface area contributed by atoms with E-state index in [-0.39, 0.29) is 11.8 Å². The van der Waals surface area contributed by atoms with Gasteiger partial charge >= 0.3 is 0 Å². The number of hydrogen-bond donors (Lipinski definition) is 2. The molecule has 0 radical (unpaired) electrons. The van der Waals surface area contributed by atoms with Crippen LogP contribution in [0.1, 0.15) is 27.7 Å². The molecule has 6 nitrogen and oxygen atoms in total. The third-order valence-electron chi connectivity index (χ3n) is 2.45. The van der Waals surface area contributed by atoms with Gasteiger partial charge in [0, 0.05) is 6.54 Å². The molecule has 0 aromatic rings. The summed E-state index contributed by atoms with van der Waals surface area (Å²) in [6.45, 7) is 10.1. The lowest BCUT2D eigenvalue weighted by atomic mass is 10.3. The molecule has 0 aliphatic carbocycles. The van der Waals surface area contributed by atoms with Gasteiger partial charge in [-0.2, -0.15) is 23.5 Å². The van der Waals surface area contributed by atoms with Gasteiger partial charge in [-0.25, -0.2) is 5.48 Å². The predicted octanol–water partition coefficient (Wildman–Crippen LogP) is 1.95. The maximum Gasteiger partial charge on any atom is 0.253 e. The molecule has 0 aromatic heterocycles. The number of ether oxygens (including phenoxy) is 1. The Morgan fingerprint density at radius 1 is 0.875 bits per heavy atom. The minimum atomic E-state index is -0.133. The Morgan fingerprint density at radius 3 is 2.04 bits per heavy atom. The van der Waals surface area contributed by atoms with Crippen molar-refractivity contribution in [1.82, 2.24) is 10.8 Å². The van der Waals surface area contributed by atoms with Crippen LogP contribution in [0.4, 0.5) is 0 Å². The Kier molecular flexibility index (Phi) is 15.8. The van der Waals surface area contributed by atoms with E-state index in [2.05, 4.69) is 38.5 Å². The van der Waals surface area contributed by atoms with E-state index in [4.69, 9.17) is 9.57 Å². The second kappa shape index (κ2) is 16.1. The minimum absolute atomic E-state index is 0.0339. The topological polar surface area (TPSA) is 76.7 Å². The van der Waals surface area contributed by atoms with E-state index >= 15 is 0 Å². The van der Waals surface area contributed by atoms with Gasteiger partial charge in [0.25, 0.3) is 5.91 Å². The first-order valence-corrected chi connectivity index (χ1v) is 10.6. The van der Waals surface area contributed by atoms with Gasteiger partial charge in [0.1, 0.15) is 0 Å². The van der Waals surface area contributed by atoms with Crippen LogP contribution in [0.2, 0.25) is 0 Å². The zero-order valence-electron chi connectivity index (χ0n) is 15.3. The molecule has 0 aromatic carbocycles. The molecule has 0 saturated heterocycles. The molecule has 0 atom stereocenters. The fourth-order valence-electron chi connectivity index (χ4n) is 1.45. The van der Waals surface area contributed by atoms with Crippen molar-refractivity contribution in [2.75, 3.05) is 49.4 Å². The van der Waals surface area contributed by atoms with Crippen molar-refractivity contribution in [2.24, 2.45) is 11.8 Å². The number of hydrogen-bond acceptors (Lipinski definition) is 6. The van der Waals surface area contributed by atoms with Crippen LogP contribution in [0.5, 0.6) is 0 Å². The summed E-state index contributed by atoms with van der Waals surface area (Å²) in [4.78, 5) is 27.9. The van der Waals surface area contributed by atoms with Crippen molar-refractivity contribution < 1.29 is 19.2 Å². The third kappa shape index (κ3) is 17.9. The van der Waals surface area contributed by atoms with Gasteiger partial charge in [0.15, 0.2) is 0 Å². The summed E-state index contributed by atoms with van der Waals surface area (Å²) in [7, 11) is 0. The molecule has 0 fully saturated rings. The van der Waals surface area contributed by atoms with Crippen molar-refractivity contribution in [3.8, 4) is 0 Å². The van der Waals surface area contributed by atoms with Gasteiger partial charge in [-0.1, -0.05) is 27.7 Å².